The first-order chi connectivity index (χ1) is 10.8. The van der Waals surface area contributed by atoms with Crippen LogP contribution in [-0.2, 0) is 17.6 Å². The molecule has 0 atom stereocenters. The Hall–Kier alpha value is -2.29. The van der Waals surface area contributed by atoms with Gasteiger partial charge in [0, 0.05) is 30.9 Å². The van der Waals surface area contributed by atoms with E-state index in [4.69, 9.17) is 0 Å². The van der Waals surface area contributed by atoms with Gasteiger partial charge in [-0.2, -0.15) is 0 Å². The van der Waals surface area contributed by atoms with Crippen LogP contribution in [0.15, 0.2) is 48.5 Å². The Labute approximate surface area is 132 Å². The highest BCUT2D eigenvalue weighted by Crippen LogP contribution is 2.27. The van der Waals surface area contributed by atoms with E-state index in [1.165, 1.54) is 16.8 Å². The molecule has 1 amide bonds. The summed E-state index contributed by atoms with van der Waals surface area (Å²) in [6, 6.07) is 16.5. The number of rotatable bonds is 5. The third-order valence-corrected chi connectivity index (χ3v) is 4.24. The number of nitrogens with zero attached hydrogens (tertiary/aromatic N) is 1. The molecule has 0 saturated heterocycles. The summed E-state index contributed by atoms with van der Waals surface area (Å²) in [4.78, 5) is 14.4. The SMILES string of the molecule is CCc1ccc(NC(=O)CCN2CCc3ccccc32)cc1. The molecule has 0 fully saturated rings. The Morgan fingerprint density at radius 3 is 2.68 bits per heavy atom. The van der Waals surface area contributed by atoms with Gasteiger partial charge in [-0.15, -0.1) is 0 Å². The fourth-order valence-corrected chi connectivity index (χ4v) is 2.92. The molecular formula is C19H22N2O. The average molecular weight is 294 g/mol. The lowest BCUT2D eigenvalue weighted by Crippen LogP contribution is -2.26. The van der Waals surface area contributed by atoms with Crippen LogP contribution in [0.2, 0.25) is 0 Å². The van der Waals surface area contributed by atoms with Crippen molar-refractivity contribution in [1.82, 2.24) is 0 Å². The maximum atomic E-state index is 12.1. The quantitative estimate of drug-likeness (QED) is 0.913. The van der Waals surface area contributed by atoms with Gasteiger partial charge in [-0.05, 0) is 42.2 Å². The van der Waals surface area contributed by atoms with Gasteiger partial charge in [0.1, 0.15) is 0 Å². The van der Waals surface area contributed by atoms with E-state index in [0.29, 0.717) is 6.42 Å². The summed E-state index contributed by atoms with van der Waals surface area (Å²) in [6.07, 6.45) is 2.61. The molecule has 2 aromatic rings. The van der Waals surface area contributed by atoms with Gasteiger partial charge in [0.15, 0.2) is 0 Å². The monoisotopic (exact) mass is 294 g/mol. The van der Waals surface area contributed by atoms with Crippen molar-refractivity contribution in [3.63, 3.8) is 0 Å². The maximum Gasteiger partial charge on any atom is 0.226 e. The van der Waals surface area contributed by atoms with Gasteiger partial charge in [0.25, 0.3) is 0 Å². The summed E-state index contributed by atoms with van der Waals surface area (Å²) >= 11 is 0. The third-order valence-electron chi connectivity index (χ3n) is 4.24. The summed E-state index contributed by atoms with van der Waals surface area (Å²) in [5, 5.41) is 2.98. The van der Waals surface area contributed by atoms with Crippen LogP contribution in [0, 0.1) is 0 Å². The van der Waals surface area contributed by atoms with Crippen molar-refractivity contribution >= 4 is 17.3 Å². The van der Waals surface area contributed by atoms with E-state index >= 15 is 0 Å². The Bertz CT molecular complexity index is 649. The summed E-state index contributed by atoms with van der Waals surface area (Å²) in [5.74, 6) is 0.0774. The number of hydrogen-bond acceptors (Lipinski definition) is 2. The van der Waals surface area contributed by atoms with Gasteiger partial charge in [-0.1, -0.05) is 37.3 Å². The Morgan fingerprint density at radius 1 is 1.14 bits per heavy atom. The van der Waals surface area contributed by atoms with E-state index in [1.807, 2.05) is 12.1 Å². The molecule has 114 valence electrons. The number of nitrogens with one attached hydrogen (secondary N) is 1. The molecule has 1 aliphatic heterocycles. The van der Waals surface area contributed by atoms with Crippen LogP contribution in [0.4, 0.5) is 11.4 Å². The normalized spacial score (nSPS) is 13.0. The van der Waals surface area contributed by atoms with Crippen LogP contribution < -0.4 is 10.2 Å². The highest BCUT2D eigenvalue weighted by molar-refractivity contribution is 5.91. The summed E-state index contributed by atoms with van der Waals surface area (Å²) in [6.45, 7) is 3.91. The predicted molar refractivity (Wildman–Crippen MR) is 91.4 cm³/mol. The molecule has 1 heterocycles. The second-order valence-corrected chi connectivity index (χ2v) is 5.71. The minimum Gasteiger partial charge on any atom is -0.370 e. The Kier molecular flexibility index (Phi) is 4.42. The summed E-state index contributed by atoms with van der Waals surface area (Å²) in [7, 11) is 0. The molecule has 0 aliphatic carbocycles. The molecule has 3 nitrogen and oxygen atoms in total. The van der Waals surface area contributed by atoms with E-state index in [1.54, 1.807) is 0 Å². The number of carbonyl (C=O) groups is 1. The number of fused-ring (bicyclic) bond motifs is 1. The van der Waals surface area contributed by atoms with Crippen LogP contribution in [0.5, 0.6) is 0 Å². The first kappa shape index (κ1) is 14.6. The summed E-state index contributed by atoms with van der Waals surface area (Å²) < 4.78 is 0. The lowest BCUT2D eigenvalue weighted by molar-refractivity contribution is -0.116. The fourth-order valence-electron chi connectivity index (χ4n) is 2.92. The van der Waals surface area contributed by atoms with Gasteiger partial charge >= 0.3 is 0 Å². The maximum absolute atomic E-state index is 12.1. The zero-order chi connectivity index (χ0) is 15.4. The zero-order valence-corrected chi connectivity index (χ0v) is 13.0. The lowest BCUT2D eigenvalue weighted by Gasteiger charge is -2.19. The fraction of sp³-hybridized carbons (Fsp3) is 0.316. The van der Waals surface area contributed by atoms with Gasteiger partial charge in [0.05, 0.1) is 0 Å². The molecule has 0 radical (unpaired) electrons. The molecule has 3 heteroatoms. The smallest absolute Gasteiger partial charge is 0.226 e. The molecule has 0 bridgehead atoms. The number of aryl methyl sites for hydroxylation is 1. The van der Waals surface area contributed by atoms with Crippen molar-refractivity contribution in [3.05, 3.63) is 59.7 Å². The van der Waals surface area contributed by atoms with Crippen molar-refractivity contribution in [3.8, 4) is 0 Å². The van der Waals surface area contributed by atoms with Crippen LogP contribution in [0.3, 0.4) is 0 Å². The minimum absolute atomic E-state index is 0.0774. The topological polar surface area (TPSA) is 32.3 Å². The standard InChI is InChI=1S/C19H22N2O/c1-2-15-7-9-17(10-8-15)20-19(22)12-14-21-13-11-16-5-3-4-6-18(16)21/h3-10H,2,11-14H2,1H3,(H,20,22). The van der Waals surface area contributed by atoms with Gasteiger partial charge < -0.3 is 10.2 Å². The van der Waals surface area contributed by atoms with Crippen molar-refractivity contribution in [2.24, 2.45) is 0 Å². The number of anilines is 2. The van der Waals surface area contributed by atoms with Crippen molar-refractivity contribution in [2.75, 3.05) is 23.3 Å². The molecule has 2 aromatic carbocycles. The second kappa shape index (κ2) is 6.65. The molecule has 22 heavy (non-hydrogen) atoms. The first-order valence-electron chi connectivity index (χ1n) is 7.98. The van der Waals surface area contributed by atoms with Crippen LogP contribution in [-0.4, -0.2) is 19.0 Å². The van der Waals surface area contributed by atoms with E-state index in [0.717, 1.165) is 31.6 Å². The van der Waals surface area contributed by atoms with E-state index in [2.05, 4.69) is 53.5 Å². The molecule has 0 aromatic heterocycles. The highest BCUT2D eigenvalue weighted by Gasteiger charge is 2.18. The third kappa shape index (κ3) is 3.30. The summed E-state index contributed by atoms with van der Waals surface area (Å²) in [5.41, 5.74) is 4.83. The van der Waals surface area contributed by atoms with Crippen molar-refractivity contribution < 1.29 is 4.79 Å². The molecule has 1 N–H and O–H groups in total. The average Bonchev–Trinajstić information content (AvgIpc) is 2.97. The molecule has 0 spiro atoms. The van der Waals surface area contributed by atoms with E-state index in [-0.39, 0.29) is 5.91 Å². The Balaban J connectivity index is 1.52. The lowest BCUT2D eigenvalue weighted by atomic mass is 10.1. The van der Waals surface area contributed by atoms with E-state index in [9.17, 15) is 4.79 Å². The molecule has 0 unspecified atom stereocenters. The van der Waals surface area contributed by atoms with Crippen LogP contribution in [0.1, 0.15) is 24.5 Å². The number of amides is 1. The largest absolute Gasteiger partial charge is 0.370 e. The predicted octanol–water partition coefficient (Wildman–Crippen LogP) is 3.64. The van der Waals surface area contributed by atoms with Crippen molar-refractivity contribution in [1.29, 1.82) is 0 Å². The zero-order valence-electron chi connectivity index (χ0n) is 13.0. The second-order valence-electron chi connectivity index (χ2n) is 5.71. The first-order valence-corrected chi connectivity index (χ1v) is 7.98. The molecule has 0 saturated carbocycles. The Morgan fingerprint density at radius 2 is 1.91 bits per heavy atom. The minimum atomic E-state index is 0.0774. The highest BCUT2D eigenvalue weighted by atomic mass is 16.1. The van der Waals surface area contributed by atoms with Crippen LogP contribution >= 0.6 is 0 Å². The van der Waals surface area contributed by atoms with E-state index < -0.39 is 0 Å². The van der Waals surface area contributed by atoms with Gasteiger partial charge in [-0.3, -0.25) is 4.79 Å². The molecular weight excluding hydrogens is 272 g/mol. The van der Waals surface area contributed by atoms with Gasteiger partial charge in [-0.25, -0.2) is 0 Å². The number of carbonyl (C=O) groups excluding carboxylic acids is 1. The van der Waals surface area contributed by atoms with Crippen LogP contribution in [0.25, 0.3) is 0 Å². The molecule has 1 aliphatic rings. The van der Waals surface area contributed by atoms with Gasteiger partial charge in [0.2, 0.25) is 5.91 Å². The number of hydrogen-bond donors (Lipinski definition) is 1. The van der Waals surface area contributed by atoms with Crippen molar-refractivity contribution in [2.45, 2.75) is 26.2 Å². The molecule has 3 rings (SSSR count). The number of benzene rings is 2. The number of para-hydroxylation sites is 1.